The van der Waals surface area contributed by atoms with Crippen LogP contribution in [0, 0.1) is 0 Å². The summed E-state index contributed by atoms with van der Waals surface area (Å²) in [6, 6.07) is 17.9. The van der Waals surface area contributed by atoms with Crippen molar-refractivity contribution in [3.05, 3.63) is 71.8 Å². The predicted molar refractivity (Wildman–Crippen MR) is 84.1 cm³/mol. The van der Waals surface area contributed by atoms with Crippen LogP contribution in [0.4, 0.5) is 4.39 Å². The summed E-state index contributed by atoms with van der Waals surface area (Å²) in [4.78, 5) is 13.1. The van der Waals surface area contributed by atoms with Crippen molar-refractivity contribution in [1.82, 2.24) is 4.90 Å². The van der Waals surface area contributed by atoms with E-state index in [0.29, 0.717) is 13.1 Å². The number of carboxylic acid groups (broad SMARTS) is 1. The van der Waals surface area contributed by atoms with Crippen molar-refractivity contribution in [3.8, 4) is 0 Å². The molecule has 0 aliphatic rings. The topological polar surface area (TPSA) is 40.5 Å². The quantitative estimate of drug-likeness (QED) is 0.851. The molecule has 0 saturated heterocycles. The molecule has 0 unspecified atom stereocenters. The minimum absolute atomic E-state index is 0.390. The Hall–Kier alpha value is -2.20. The van der Waals surface area contributed by atoms with Gasteiger partial charge in [0.1, 0.15) is 12.2 Å². The first kappa shape index (κ1) is 16.2. The lowest BCUT2D eigenvalue weighted by Gasteiger charge is -2.30. The Labute approximate surface area is 130 Å². The molecule has 22 heavy (non-hydrogen) atoms. The molecule has 0 amide bonds. The maximum atomic E-state index is 13.8. The number of carbonyl (C=O) groups is 1. The summed E-state index contributed by atoms with van der Waals surface area (Å²) in [6.45, 7) is 2.07. The highest BCUT2D eigenvalue weighted by Crippen LogP contribution is 2.17. The fourth-order valence-corrected chi connectivity index (χ4v) is 2.53. The molecule has 2 aromatic rings. The number of nitrogens with zero attached hydrogens (tertiary/aromatic N) is 1. The third kappa shape index (κ3) is 4.40. The van der Waals surface area contributed by atoms with Gasteiger partial charge in [0.2, 0.25) is 0 Å². The van der Waals surface area contributed by atoms with Crippen LogP contribution in [0.25, 0.3) is 0 Å². The van der Waals surface area contributed by atoms with Crippen molar-refractivity contribution < 1.29 is 14.3 Å². The van der Waals surface area contributed by atoms with E-state index >= 15 is 0 Å². The molecule has 0 radical (unpaired) electrons. The van der Waals surface area contributed by atoms with Crippen LogP contribution < -0.4 is 0 Å². The number of rotatable bonds is 7. The first-order valence-electron chi connectivity index (χ1n) is 7.26. The van der Waals surface area contributed by atoms with Crippen LogP contribution >= 0.6 is 0 Å². The van der Waals surface area contributed by atoms with Crippen LogP contribution in [0.5, 0.6) is 0 Å². The van der Waals surface area contributed by atoms with Gasteiger partial charge in [0.15, 0.2) is 0 Å². The monoisotopic (exact) mass is 301 g/mol. The number of hydrogen-bond donors (Lipinski definition) is 1. The Morgan fingerprint density at radius 2 is 1.41 bits per heavy atom. The first-order valence-corrected chi connectivity index (χ1v) is 7.26. The van der Waals surface area contributed by atoms with Gasteiger partial charge in [-0.05, 0) is 18.1 Å². The normalized spacial score (nSPS) is 13.8. The van der Waals surface area contributed by atoms with Gasteiger partial charge in [-0.15, -0.1) is 0 Å². The Kier molecular flexibility index (Phi) is 5.67. The van der Waals surface area contributed by atoms with E-state index in [0.717, 1.165) is 11.1 Å². The zero-order chi connectivity index (χ0) is 15.9. The van der Waals surface area contributed by atoms with E-state index in [2.05, 4.69) is 0 Å². The summed E-state index contributed by atoms with van der Waals surface area (Å²) in [7, 11) is 0. The van der Waals surface area contributed by atoms with Crippen molar-refractivity contribution in [1.29, 1.82) is 0 Å². The Morgan fingerprint density at radius 3 is 1.73 bits per heavy atom. The van der Waals surface area contributed by atoms with E-state index in [4.69, 9.17) is 0 Å². The van der Waals surface area contributed by atoms with E-state index in [-0.39, 0.29) is 0 Å². The molecule has 2 rings (SSSR count). The highest BCUT2D eigenvalue weighted by molar-refractivity contribution is 5.74. The predicted octanol–water partition coefficient (Wildman–Crippen LogP) is 3.50. The summed E-state index contributed by atoms with van der Waals surface area (Å²) in [5.41, 5.74) is 1.93. The molecular weight excluding hydrogens is 281 g/mol. The highest BCUT2D eigenvalue weighted by Gasteiger charge is 2.31. The molecule has 0 aromatic heterocycles. The van der Waals surface area contributed by atoms with Crippen LogP contribution in [0.2, 0.25) is 0 Å². The molecule has 1 N–H and O–H groups in total. The van der Waals surface area contributed by atoms with Crippen molar-refractivity contribution in [2.45, 2.75) is 32.2 Å². The minimum Gasteiger partial charge on any atom is -0.480 e. The van der Waals surface area contributed by atoms with Gasteiger partial charge in [0, 0.05) is 13.1 Å². The number of carboxylic acids is 1. The van der Waals surface area contributed by atoms with Gasteiger partial charge in [-0.25, -0.2) is 4.39 Å². The van der Waals surface area contributed by atoms with E-state index in [1.54, 1.807) is 4.90 Å². The molecule has 0 aliphatic heterocycles. The molecule has 0 aliphatic carbocycles. The molecule has 3 nitrogen and oxygen atoms in total. The van der Waals surface area contributed by atoms with Crippen molar-refractivity contribution in [2.24, 2.45) is 0 Å². The van der Waals surface area contributed by atoms with Crippen LogP contribution in [-0.4, -0.2) is 28.2 Å². The molecule has 0 bridgehead atoms. The molecule has 0 fully saturated rings. The average Bonchev–Trinajstić information content (AvgIpc) is 2.48. The van der Waals surface area contributed by atoms with Gasteiger partial charge in [-0.3, -0.25) is 9.69 Å². The number of benzene rings is 2. The fraction of sp³-hybridized carbons (Fsp3) is 0.278. The molecule has 0 heterocycles. The summed E-state index contributed by atoms with van der Waals surface area (Å²) >= 11 is 0. The number of alkyl halides is 1. The SMILES string of the molecule is C[C@@H](F)[C@H](C(=O)O)N(Cc1ccccc1)Cc1ccccc1. The smallest absolute Gasteiger partial charge is 0.323 e. The highest BCUT2D eigenvalue weighted by atomic mass is 19.1. The second-order valence-electron chi connectivity index (χ2n) is 5.34. The van der Waals surface area contributed by atoms with Crippen LogP contribution in [0.1, 0.15) is 18.1 Å². The number of aliphatic carboxylic acids is 1. The Bertz CT molecular complexity index is 545. The van der Waals surface area contributed by atoms with E-state index in [1.807, 2.05) is 60.7 Å². The van der Waals surface area contributed by atoms with Crippen molar-refractivity contribution >= 4 is 5.97 Å². The fourth-order valence-electron chi connectivity index (χ4n) is 2.53. The van der Waals surface area contributed by atoms with Gasteiger partial charge < -0.3 is 5.11 Å². The molecule has 0 spiro atoms. The van der Waals surface area contributed by atoms with E-state index in [9.17, 15) is 14.3 Å². The van der Waals surface area contributed by atoms with E-state index in [1.165, 1.54) is 6.92 Å². The largest absolute Gasteiger partial charge is 0.480 e. The number of hydrogen-bond acceptors (Lipinski definition) is 2. The first-order chi connectivity index (χ1) is 10.6. The van der Waals surface area contributed by atoms with Crippen LogP contribution in [0.3, 0.4) is 0 Å². The lowest BCUT2D eigenvalue weighted by molar-refractivity contribution is -0.146. The zero-order valence-electron chi connectivity index (χ0n) is 12.5. The van der Waals surface area contributed by atoms with Crippen molar-refractivity contribution in [3.63, 3.8) is 0 Å². The molecular formula is C18H20FNO2. The van der Waals surface area contributed by atoms with Crippen molar-refractivity contribution in [2.75, 3.05) is 0 Å². The summed E-state index contributed by atoms with van der Waals surface area (Å²) < 4.78 is 13.8. The second kappa shape index (κ2) is 7.71. The van der Waals surface area contributed by atoms with Gasteiger partial charge >= 0.3 is 5.97 Å². The molecule has 116 valence electrons. The number of halogens is 1. The average molecular weight is 301 g/mol. The lowest BCUT2D eigenvalue weighted by atomic mass is 10.1. The van der Waals surface area contributed by atoms with Gasteiger partial charge in [0.25, 0.3) is 0 Å². The standard InChI is InChI=1S/C18H20FNO2/c1-14(19)17(18(21)22)20(12-15-8-4-2-5-9-15)13-16-10-6-3-7-11-16/h2-11,14,17H,12-13H2,1H3,(H,21,22)/t14-,17-/m1/s1. The van der Waals surface area contributed by atoms with Crippen LogP contribution in [-0.2, 0) is 17.9 Å². The van der Waals surface area contributed by atoms with Gasteiger partial charge in [-0.1, -0.05) is 60.7 Å². The summed E-state index contributed by atoms with van der Waals surface area (Å²) in [5.74, 6) is -1.14. The summed E-state index contributed by atoms with van der Waals surface area (Å²) in [5, 5.41) is 9.39. The van der Waals surface area contributed by atoms with Gasteiger partial charge in [0.05, 0.1) is 0 Å². The lowest BCUT2D eigenvalue weighted by Crippen LogP contribution is -2.45. The molecule has 0 saturated carbocycles. The summed E-state index contributed by atoms with van der Waals surface area (Å²) in [6.07, 6.45) is -1.45. The molecule has 4 heteroatoms. The maximum Gasteiger partial charge on any atom is 0.323 e. The minimum atomic E-state index is -1.45. The second-order valence-corrected chi connectivity index (χ2v) is 5.34. The van der Waals surface area contributed by atoms with Crippen LogP contribution in [0.15, 0.2) is 60.7 Å². The maximum absolute atomic E-state index is 13.8. The Balaban J connectivity index is 2.25. The third-order valence-electron chi connectivity index (χ3n) is 3.54. The zero-order valence-corrected chi connectivity index (χ0v) is 12.5. The molecule has 2 atom stereocenters. The van der Waals surface area contributed by atoms with E-state index < -0.39 is 18.2 Å². The van der Waals surface area contributed by atoms with Gasteiger partial charge in [-0.2, -0.15) is 0 Å². The third-order valence-corrected chi connectivity index (χ3v) is 3.54. The molecule has 2 aromatic carbocycles. The Morgan fingerprint density at radius 1 is 1.00 bits per heavy atom.